The average Bonchev–Trinajstić information content (AvgIpc) is 2.74. The fraction of sp³-hybridized carbons (Fsp3) is 0.500. The van der Waals surface area contributed by atoms with Crippen molar-refractivity contribution >= 4 is 0 Å². The highest BCUT2D eigenvalue weighted by molar-refractivity contribution is 5.28. The Balaban J connectivity index is 1.56. The van der Waals surface area contributed by atoms with Gasteiger partial charge in [-0.25, -0.2) is 0 Å². The van der Waals surface area contributed by atoms with E-state index < -0.39 is 0 Å². The number of benzene rings is 1. The van der Waals surface area contributed by atoms with Gasteiger partial charge in [0.2, 0.25) is 0 Å². The third kappa shape index (κ3) is 2.88. The van der Waals surface area contributed by atoms with Crippen LogP contribution in [0.25, 0.3) is 0 Å². The number of hydrogen-bond acceptors (Lipinski definition) is 3. The molecule has 0 bridgehead atoms. The van der Waals surface area contributed by atoms with E-state index >= 15 is 0 Å². The van der Waals surface area contributed by atoms with Crippen LogP contribution in [0, 0.1) is 20.8 Å². The topological polar surface area (TPSA) is 38.1 Å². The molecule has 1 aliphatic rings. The van der Waals surface area contributed by atoms with Crippen LogP contribution in [-0.2, 0) is 0 Å². The normalized spacial score (nSPS) is 22.9. The van der Waals surface area contributed by atoms with E-state index in [0.717, 1.165) is 11.5 Å². The van der Waals surface area contributed by atoms with Gasteiger partial charge in [0.15, 0.2) is 0 Å². The molecule has 112 valence electrons. The van der Waals surface area contributed by atoms with Crippen molar-refractivity contribution in [2.24, 2.45) is 0 Å². The molecular formula is C18H24N2O. The fourth-order valence-electron chi connectivity index (χ4n) is 3.41. The lowest BCUT2D eigenvalue weighted by atomic mass is 9.75. The number of aryl methyl sites for hydroxylation is 3. The van der Waals surface area contributed by atoms with Crippen molar-refractivity contribution in [3.05, 3.63) is 52.4 Å². The monoisotopic (exact) mass is 284 g/mol. The molecule has 2 aromatic rings. The molecule has 3 rings (SSSR count). The molecule has 0 aliphatic heterocycles. The molecule has 0 radical (unpaired) electrons. The van der Waals surface area contributed by atoms with Crippen LogP contribution < -0.4 is 5.32 Å². The lowest BCUT2D eigenvalue weighted by molar-refractivity contribution is 0.269. The van der Waals surface area contributed by atoms with Crippen LogP contribution in [0.1, 0.15) is 59.9 Å². The van der Waals surface area contributed by atoms with Crippen molar-refractivity contribution in [2.75, 3.05) is 0 Å². The van der Waals surface area contributed by atoms with Crippen LogP contribution in [0.15, 0.2) is 28.8 Å². The van der Waals surface area contributed by atoms with E-state index in [1.165, 1.54) is 29.5 Å². The van der Waals surface area contributed by atoms with Crippen molar-refractivity contribution < 1.29 is 4.52 Å². The summed E-state index contributed by atoms with van der Waals surface area (Å²) < 4.78 is 5.26. The van der Waals surface area contributed by atoms with Crippen LogP contribution in [0.2, 0.25) is 0 Å². The van der Waals surface area contributed by atoms with Gasteiger partial charge in [-0.05, 0) is 52.0 Å². The molecule has 0 amide bonds. The molecule has 1 N–H and O–H groups in total. The number of nitrogens with zero attached hydrogens (tertiary/aromatic N) is 1. The third-order valence-electron chi connectivity index (χ3n) is 4.69. The van der Waals surface area contributed by atoms with E-state index in [0.29, 0.717) is 18.0 Å². The molecule has 1 saturated carbocycles. The van der Waals surface area contributed by atoms with Crippen molar-refractivity contribution in [3.63, 3.8) is 0 Å². The smallest absolute Gasteiger partial charge is 0.138 e. The van der Waals surface area contributed by atoms with Crippen LogP contribution >= 0.6 is 0 Å². The lowest BCUT2D eigenvalue weighted by Gasteiger charge is -2.38. The van der Waals surface area contributed by atoms with E-state index in [9.17, 15) is 0 Å². The van der Waals surface area contributed by atoms with Crippen molar-refractivity contribution in [3.8, 4) is 0 Å². The first-order valence-corrected chi connectivity index (χ1v) is 7.80. The number of nitrogens with one attached hydrogen (secondary N) is 1. The maximum absolute atomic E-state index is 5.26. The summed E-state index contributed by atoms with van der Waals surface area (Å²) >= 11 is 0. The minimum atomic E-state index is 0.306. The largest absolute Gasteiger partial charge is 0.361 e. The first kappa shape index (κ1) is 14.3. The Bertz CT molecular complexity index is 589. The summed E-state index contributed by atoms with van der Waals surface area (Å²) in [6.07, 6.45) is 2.44. The first-order chi connectivity index (χ1) is 10.0. The summed E-state index contributed by atoms with van der Waals surface area (Å²) in [5.74, 6) is 1.64. The predicted molar refractivity (Wildman–Crippen MR) is 84.5 cm³/mol. The second-order valence-electron chi connectivity index (χ2n) is 6.40. The molecule has 1 heterocycles. The lowest BCUT2D eigenvalue weighted by Crippen LogP contribution is -2.41. The van der Waals surface area contributed by atoms with Gasteiger partial charge in [0.05, 0.1) is 5.69 Å². The highest BCUT2D eigenvalue weighted by Crippen LogP contribution is 2.38. The molecule has 1 atom stereocenters. The van der Waals surface area contributed by atoms with Gasteiger partial charge in [-0.1, -0.05) is 35.0 Å². The zero-order chi connectivity index (χ0) is 15.0. The number of aromatic nitrogens is 1. The summed E-state index contributed by atoms with van der Waals surface area (Å²) in [4.78, 5) is 0. The summed E-state index contributed by atoms with van der Waals surface area (Å²) in [7, 11) is 0. The third-order valence-corrected chi connectivity index (χ3v) is 4.69. The van der Waals surface area contributed by atoms with Gasteiger partial charge in [-0.3, -0.25) is 0 Å². The Morgan fingerprint density at radius 1 is 1.14 bits per heavy atom. The van der Waals surface area contributed by atoms with E-state index in [-0.39, 0.29) is 0 Å². The maximum atomic E-state index is 5.26. The molecular weight excluding hydrogens is 260 g/mol. The Kier molecular flexibility index (Phi) is 3.85. The van der Waals surface area contributed by atoms with Gasteiger partial charge in [0.25, 0.3) is 0 Å². The van der Waals surface area contributed by atoms with Crippen LogP contribution in [0.3, 0.4) is 0 Å². The standard InChI is InChI=1S/C18H24N2O/c1-11-5-7-15(8-6-11)16-9-17(10-16)19-12(2)18-13(3)20-21-14(18)4/h5-8,12,16-17,19H,9-10H2,1-4H3. The van der Waals surface area contributed by atoms with E-state index in [1.54, 1.807) is 0 Å². The zero-order valence-electron chi connectivity index (χ0n) is 13.3. The van der Waals surface area contributed by atoms with Crippen LogP contribution in [-0.4, -0.2) is 11.2 Å². The molecule has 1 aromatic heterocycles. The molecule has 1 fully saturated rings. The van der Waals surface area contributed by atoms with Crippen molar-refractivity contribution in [1.82, 2.24) is 10.5 Å². The minimum absolute atomic E-state index is 0.306. The summed E-state index contributed by atoms with van der Waals surface area (Å²) in [6.45, 7) is 8.34. The molecule has 21 heavy (non-hydrogen) atoms. The molecule has 1 aliphatic carbocycles. The number of rotatable bonds is 4. The van der Waals surface area contributed by atoms with Gasteiger partial charge in [0.1, 0.15) is 5.76 Å². The summed E-state index contributed by atoms with van der Waals surface area (Å²) in [6, 6.07) is 9.87. The minimum Gasteiger partial charge on any atom is -0.361 e. The van der Waals surface area contributed by atoms with E-state index in [2.05, 4.69) is 48.6 Å². The maximum Gasteiger partial charge on any atom is 0.138 e. The summed E-state index contributed by atoms with van der Waals surface area (Å²) in [5, 5.41) is 7.76. The second-order valence-corrected chi connectivity index (χ2v) is 6.40. The van der Waals surface area contributed by atoms with Crippen molar-refractivity contribution in [2.45, 2.75) is 58.5 Å². The van der Waals surface area contributed by atoms with Gasteiger partial charge in [-0.2, -0.15) is 0 Å². The molecule has 3 heteroatoms. The van der Waals surface area contributed by atoms with Gasteiger partial charge in [0, 0.05) is 17.6 Å². The van der Waals surface area contributed by atoms with Crippen molar-refractivity contribution in [1.29, 1.82) is 0 Å². The Morgan fingerprint density at radius 3 is 2.38 bits per heavy atom. The first-order valence-electron chi connectivity index (χ1n) is 7.80. The molecule has 1 unspecified atom stereocenters. The average molecular weight is 284 g/mol. The zero-order valence-corrected chi connectivity index (χ0v) is 13.3. The van der Waals surface area contributed by atoms with E-state index in [4.69, 9.17) is 4.52 Å². The highest BCUT2D eigenvalue weighted by Gasteiger charge is 2.32. The summed E-state index contributed by atoms with van der Waals surface area (Å²) in [5.41, 5.74) is 5.03. The molecule has 0 spiro atoms. The second kappa shape index (κ2) is 5.64. The van der Waals surface area contributed by atoms with Gasteiger partial charge in [-0.15, -0.1) is 0 Å². The molecule has 0 saturated heterocycles. The van der Waals surface area contributed by atoms with Gasteiger partial charge < -0.3 is 9.84 Å². The Morgan fingerprint density at radius 2 is 1.81 bits per heavy atom. The highest BCUT2D eigenvalue weighted by atomic mass is 16.5. The SMILES string of the molecule is Cc1ccc(C2CC(NC(C)c3c(C)noc3C)C2)cc1. The molecule has 3 nitrogen and oxygen atoms in total. The van der Waals surface area contributed by atoms with E-state index in [1.807, 2.05) is 13.8 Å². The number of hydrogen-bond donors (Lipinski definition) is 1. The van der Waals surface area contributed by atoms with Gasteiger partial charge >= 0.3 is 0 Å². The Labute approximate surface area is 126 Å². The molecule has 1 aromatic carbocycles. The predicted octanol–water partition coefficient (Wildman–Crippen LogP) is 4.20. The Hall–Kier alpha value is -1.61. The fourth-order valence-corrected chi connectivity index (χ4v) is 3.41. The van der Waals surface area contributed by atoms with Crippen LogP contribution in [0.5, 0.6) is 0 Å². The van der Waals surface area contributed by atoms with Crippen LogP contribution in [0.4, 0.5) is 0 Å². The quantitative estimate of drug-likeness (QED) is 0.914.